The van der Waals surface area contributed by atoms with Crippen molar-refractivity contribution in [3.8, 4) is 0 Å². The number of nitrogens with zero attached hydrogens (tertiary/aromatic N) is 2. The van der Waals surface area contributed by atoms with Gasteiger partial charge in [-0.1, -0.05) is 39.8 Å². The molecule has 4 N–H and O–H groups in total. The molecule has 8 heteroatoms. The van der Waals surface area contributed by atoms with E-state index >= 15 is 0 Å². The first kappa shape index (κ1) is 24.4. The summed E-state index contributed by atoms with van der Waals surface area (Å²) in [6.07, 6.45) is 2.25. The first-order valence-electron chi connectivity index (χ1n) is 10.4. The van der Waals surface area contributed by atoms with E-state index in [0.717, 1.165) is 0 Å². The second kappa shape index (κ2) is 9.94. The molecule has 7 nitrogen and oxygen atoms in total. The number of anilines is 2. The minimum absolute atomic E-state index is 0.110. The molecule has 0 aliphatic carbocycles. The third-order valence-electron chi connectivity index (χ3n) is 5.08. The van der Waals surface area contributed by atoms with Crippen molar-refractivity contribution in [1.82, 2.24) is 0 Å². The maximum atomic E-state index is 13.7. The van der Waals surface area contributed by atoms with Crippen molar-refractivity contribution in [2.45, 2.75) is 45.7 Å². The second-order valence-electron chi connectivity index (χ2n) is 8.67. The summed E-state index contributed by atoms with van der Waals surface area (Å²) in [7, 11) is 0. The molecule has 0 bridgehead atoms. The van der Waals surface area contributed by atoms with Gasteiger partial charge in [0, 0.05) is 13.1 Å². The molecule has 0 fully saturated rings. The number of nitrogens with two attached hydrogens (primary N) is 2. The van der Waals surface area contributed by atoms with Crippen LogP contribution in [0.3, 0.4) is 0 Å². The number of thioether (sulfide) groups is 1. The van der Waals surface area contributed by atoms with Crippen LogP contribution in [-0.2, 0) is 14.4 Å². The van der Waals surface area contributed by atoms with E-state index in [1.54, 1.807) is 23.9 Å². The Morgan fingerprint density at radius 2 is 1.43 bits per heavy atom. The molecule has 0 saturated heterocycles. The Bertz CT molecular complexity index is 747. The van der Waals surface area contributed by atoms with Crippen LogP contribution in [0.1, 0.15) is 34.1 Å². The molecule has 30 heavy (non-hydrogen) atoms. The van der Waals surface area contributed by atoms with Gasteiger partial charge < -0.3 is 21.3 Å². The minimum atomic E-state index is -2.35. The summed E-state index contributed by atoms with van der Waals surface area (Å²) in [6.45, 7) is 8.56. The fourth-order valence-corrected chi connectivity index (χ4v) is 4.12. The van der Waals surface area contributed by atoms with Crippen LogP contribution in [-0.4, -0.2) is 54.3 Å². The van der Waals surface area contributed by atoms with E-state index in [1.165, 1.54) is 9.80 Å². The van der Waals surface area contributed by atoms with Gasteiger partial charge in [-0.15, -0.1) is 0 Å². The minimum Gasteiger partial charge on any atom is -0.321 e. The number of hydrogen-bond donors (Lipinski definition) is 2. The molecule has 0 saturated carbocycles. The molecule has 0 aromatic heterocycles. The lowest BCUT2D eigenvalue weighted by molar-refractivity contribution is -0.142. The number of amides is 2. The van der Waals surface area contributed by atoms with Crippen LogP contribution in [0.15, 0.2) is 24.3 Å². The van der Waals surface area contributed by atoms with Gasteiger partial charge in [0.1, 0.15) is 0 Å². The monoisotopic (exact) mass is 434 g/mol. The van der Waals surface area contributed by atoms with E-state index in [-0.39, 0.29) is 11.8 Å². The molecule has 0 spiro atoms. The number of hydrogen-bond acceptors (Lipinski definition) is 6. The normalized spacial score (nSPS) is 17.4. The highest BCUT2D eigenvalue weighted by atomic mass is 32.2. The number of Topliss-reactive ketones (excluding diaryl/α,β-unsaturated/α-hetero) is 1. The predicted molar refractivity (Wildman–Crippen MR) is 124 cm³/mol. The molecule has 1 aromatic carbocycles. The van der Waals surface area contributed by atoms with Crippen molar-refractivity contribution in [3.63, 3.8) is 0 Å². The molecule has 1 aromatic rings. The molecule has 166 valence electrons. The van der Waals surface area contributed by atoms with Gasteiger partial charge in [-0.2, -0.15) is 11.8 Å². The Hall–Kier alpha value is -1.90. The summed E-state index contributed by atoms with van der Waals surface area (Å²) in [5.74, 6) is -1.27. The quantitative estimate of drug-likeness (QED) is 0.576. The van der Waals surface area contributed by atoms with E-state index in [2.05, 4.69) is 0 Å². The number of ketones is 1. The summed E-state index contributed by atoms with van der Waals surface area (Å²) in [5, 5.41) is 0. The van der Waals surface area contributed by atoms with Gasteiger partial charge in [-0.05, 0) is 42.4 Å². The third-order valence-corrected chi connectivity index (χ3v) is 5.73. The van der Waals surface area contributed by atoms with E-state index in [0.29, 0.717) is 36.6 Å². The lowest BCUT2D eigenvalue weighted by atomic mass is 9.86. The number of benzene rings is 1. The Morgan fingerprint density at radius 1 is 1.00 bits per heavy atom. The van der Waals surface area contributed by atoms with Gasteiger partial charge in [-0.3, -0.25) is 14.4 Å². The highest BCUT2D eigenvalue weighted by molar-refractivity contribution is 7.98. The van der Waals surface area contributed by atoms with Gasteiger partial charge in [0.05, 0.1) is 17.4 Å². The van der Waals surface area contributed by atoms with Crippen LogP contribution in [0.2, 0.25) is 0 Å². The number of fused-ring (bicyclic) bond motifs is 1. The summed E-state index contributed by atoms with van der Waals surface area (Å²) in [4.78, 5) is 43.7. The van der Waals surface area contributed by atoms with Crippen molar-refractivity contribution in [2.75, 3.05) is 34.9 Å². The SMILES string of the molecule is CSCC[C@H](N)C(=O)C1(N)C(=O)N(CC(C)C)c2ccccc2N(CC(C)C)C1=O. The maximum Gasteiger partial charge on any atom is 0.264 e. The van der Waals surface area contributed by atoms with Crippen LogP contribution in [0.4, 0.5) is 11.4 Å². The van der Waals surface area contributed by atoms with Crippen molar-refractivity contribution in [3.05, 3.63) is 24.3 Å². The maximum absolute atomic E-state index is 13.7. The van der Waals surface area contributed by atoms with Gasteiger partial charge in [0.15, 0.2) is 5.78 Å². The molecule has 1 heterocycles. The summed E-state index contributed by atoms with van der Waals surface area (Å²) < 4.78 is 0. The average Bonchev–Trinajstić information content (AvgIpc) is 2.76. The molecule has 2 amide bonds. The highest BCUT2D eigenvalue weighted by Crippen LogP contribution is 2.37. The fraction of sp³-hybridized carbons (Fsp3) is 0.591. The molecule has 0 unspecified atom stereocenters. The van der Waals surface area contributed by atoms with Crippen molar-refractivity contribution in [2.24, 2.45) is 23.3 Å². The van der Waals surface area contributed by atoms with Gasteiger partial charge >= 0.3 is 0 Å². The largest absolute Gasteiger partial charge is 0.321 e. The third kappa shape index (κ3) is 4.71. The lowest BCUT2D eigenvalue weighted by Crippen LogP contribution is -2.71. The highest BCUT2D eigenvalue weighted by Gasteiger charge is 2.57. The van der Waals surface area contributed by atoms with E-state index in [1.807, 2.05) is 46.1 Å². The second-order valence-corrected chi connectivity index (χ2v) is 9.65. The van der Waals surface area contributed by atoms with Crippen molar-refractivity contribution in [1.29, 1.82) is 0 Å². The molecule has 1 aliphatic heterocycles. The lowest BCUT2D eigenvalue weighted by Gasteiger charge is -2.33. The number of carbonyl (C=O) groups excluding carboxylic acids is 3. The number of carbonyl (C=O) groups is 3. The van der Waals surface area contributed by atoms with Crippen LogP contribution in [0, 0.1) is 11.8 Å². The van der Waals surface area contributed by atoms with Crippen LogP contribution in [0.25, 0.3) is 0 Å². The smallest absolute Gasteiger partial charge is 0.264 e. The van der Waals surface area contributed by atoms with Gasteiger partial charge in [-0.25, -0.2) is 0 Å². The Kier molecular flexibility index (Phi) is 8.07. The van der Waals surface area contributed by atoms with Crippen LogP contribution in [0.5, 0.6) is 0 Å². The first-order valence-corrected chi connectivity index (χ1v) is 11.8. The molecular weight excluding hydrogens is 400 g/mol. The molecule has 0 radical (unpaired) electrons. The van der Waals surface area contributed by atoms with Gasteiger partial charge in [0.25, 0.3) is 11.8 Å². The first-order chi connectivity index (χ1) is 14.0. The topological polar surface area (TPSA) is 110 Å². The summed E-state index contributed by atoms with van der Waals surface area (Å²) in [6, 6.07) is 6.22. The van der Waals surface area contributed by atoms with Gasteiger partial charge in [0.2, 0.25) is 5.54 Å². The van der Waals surface area contributed by atoms with E-state index < -0.39 is 29.2 Å². The Morgan fingerprint density at radius 3 is 1.80 bits per heavy atom. The van der Waals surface area contributed by atoms with E-state index in [4.69, 9.17) is 11.5 Å². The zero-order valence-corrected chi connectivity index (χ0v) is 19.4. The van der Waals surface area contributed by atoms with Crippen molar-refractivity contribution >= 4 is 40.7 Å². The zero-order chi connectivity index (χ0) is 22.6. The van der Waals surface area contributed by atoms with Crippen LogP contribution >= 0.6 is 11.8 Å². The fourth-order valence-electron chi connectivity index (χ4n) is 3.63. The predicted octanol–water partition coefficient (Wildman–Crippen LogP) is 2.03. The van der Waals surface area contributed by atoms with Crippen molar-refractivity contribution < 1.29 is 14.4 Å². The molecule has 1 atom stereocenters. The van der Waals surface area contributed by atoms with E-state index in [9.17, 15) is 14.4 Å². The molecule has 1 aliphatic rings. The zero-order valence-electron chi connectivity index (χ0n) is 18.6. The molecular formula is C22H34N4O3S. The Labute approximate surface area is 183 Å². The number of rotatable bonds is 9. The summed E-state index contributed by atoms with van der Waals surface area (Å²) in [5.41, 5.74) is 11.4. The average molecular weight is 435 g/mol. The molecule has 2 rings (SSSR count). The Balaban J connectivity index is 2.67. The van der Waals surface area contributed by atoms with Crippen LogP contribution < -0.4 is 21.3 Å². The standard InChI is InChI=1S/C22H34N4O3S/c1-14(2)12-25-17-8-6-7-9-18(17)26(13-15(3)4)21(29)22(24,20(25)28)19(27)16(23)10-11-30-5/h6-9,14-16H,10-13,23-24H2,1-5H3/t16-/m0/s1. The summed E-state index contributed by atoms with van der Waals surface area (Å²) >= 11 is 1.54. The number of para-hydroxylation sites is 2.